The molecule has 7 heteroatoms. The van der Waals surface area contributed by atoms with E-state index in [1.807, 2.05) is 35.1 Å². The van der Waals surface area contributed by atoms with Crippen LogP contribution in [0.25, 0.3) is 22.4 Å². The van der Waals surface area contributed by atoms with Gasteiger partial charge in [-0.25, -0.2) is 9.78 Å². The van der Waals surface area contributed by atoms with Crippen molar-refractivity contribution in [2.24, 2.45) is 0 Å². The lowest BCUT2D eigenvalue weighted by Gasteiger charge is -2.10. The molecule has 0 aliphatic rings. The number of benzene rings is 2. The number of aromatic carboxylic acids is 1. The number of aromatic nitrogens is 4. The van der Waals surface area contributed by atoms with Gasteiger partial charge in [0.15, 0.2) is 0 Å². The van der Waals surface area contributed by atoms with Crippen molar-refractivity contribution in [1.82, 2.24) is 19.7 Å². The maximum Gasteiger partial charge on any atom is 0.335 e. The fourth-order valence-electron chi connectivity index (χ4n) is 2.90. The first-order chi connectivity index (χ1) is 12.6. The summed E-state index contributed by atoms with van der Waals surface area (Å²) in [6.07, 6.45) is 3.62. The number of aromatic amines is 1. The zero-order valence-corrected chi connectivity index (χ0v) is 14.0. The van der Waals surface area contributed by atoms with E-state index in [1.54, 1.807) is 31.5 Å². The number of carbonyl (C=O) groups is 1. The molecule has 0 aliphatic carbocycles. The van der Waals surface area contributed by atoms with E-state index >= 15 is 0 Å². The zero-order valence-electron chi connectivity index (χ0n) is 14.0. The van der Waals surface area contributed by atoms with Gasteiger partial charge in [0.05, 0.1) is 30.3 Å². The number of carboxylic acids is 1. The van der Waals surface area contributed by atoms with E-state index in [2.05, 4.69) is 15.1 Å². The van der Waals surface area contributed by atoms with Gasteiger partial charge in [0.2, 0.25) is 0 Å². The second-order valence-electron chi connectivity index (χ2n) is 5.85. The second-order valence-corrected chi connectivity index (χ2v) is 5.85. The predicted octanol–water partition coefficient (Wildman–Crippen LogP) is 3.18. The smallest absolute Gasteiger partial charge is 0.335 e. The van der Waals surface area contributed by atoms with Crippen LogP contribution in [-0.4, -0.2) is 37.9 Å². The van der Waals surface area contributed by atoms with Gasteiger partial charge < -0.3 is 14.8 Å². The molecule has 0 amide bonds. The summed E-state index contributed by atoms with van der Waals surface area (Å²) in [5.41, 5.74) is 3.49. The largest absolute Gasteiger partial charge is 0.496 e. The Morgan fingerprint density at radius 2 is 2.15 bits per heavy atom. The van der Waals surface area contributed by atoms with Gasteiger partial charge in [-0.1, -0.05) is 0 Å². The number of ether oxygens (including phenoxy) is 1. The third-order valence-electron chi connectivity index (χ3n) is 4.17. The monoisotopic (exact) mass is 348 g/mol. The molecule has 26 heavy (non-hydrogen) atoms. The highest BCUT2D eigenvalue weighted by Crippen LogP contribution is 2.27. The van der Waals surface area contributed by atoms with Crippen molar-refractivity contribution in [2.45, 2.75) is 6.54 Å². The van der Waals surface area contributed by atoms with Gasteiger partial charge in [-0.3, -0.25) is 4.68 Å². The van der Waals surface area contributed by atoms with Crippen molar-refractivity contribution < 1.29 is 14.6 Å². The van der Waals surface area contributed by atoms with Crippen LogP contribution >= 0.6 is 0 Å². The average molecular weight is 348 g/mol. The van der Waals surface area contributed by atoms with Gasteiger partial charge in [-0.05, 0) is 42.5 Å². The highest BCUT2D eigenvalue weighted by atomic mass is 16.5. The van der Waals surface area contributed by atoms with Crippen molar-refractivity contribution in [3.8, 4) is 17.1 Å². The molecule has 0 saturated carbocycles. The van der Waals surface area contributed by atoms with E-state index in [0.29, 0.717) is 17.9 Å². The Labute approximate surface area is 148 Å². The van der Waals surface area contributed by atoms with Crippen molar-refractivity contribution in [3.05, 3.63) is 66.0 Å². The minimum absolute atomic E-state index is 0.224. The standard InChI is InChI=1S/C19H16N4O3/c1-26-17-6-4-12(9-14(17)11-23-8-2-7-20-23)18-21-15-5-3-13(19(24)25)10-16(15)22-18/h2-10H,11H2,1H3,(H,21,22)(H,24,25). The van der Waals surface area contributed by atoms with Gasteiger partial charge in [-0.2, -0.15) is 5.10 Å². The molecule has 130 valence electrons. The fraction of sp³-hybridized carbons (Fsp3) is 0.105. The van der Waals surface area contributed by atoms with Crippen LogP contribution in [0.15, 0.2) is 54.9 Å². The number of methoxy groups -OCH3 is 1. The molecule has 2 aromatic carbocycles. The summed E-state index contributed by atoms with van der Waals surface area (Å²) >= 11 is 0. The molecule has 2 heterocycles. The molecule has 2 aromatic heterocycles. The summed E-state index contributed by atoms with van der Waals surface area (Å²) in [6, 6.07) is 12.5. The second kappa shape index (κ2) is 6.36. The van der Waals surface area contributed by atoms with Crippen molar-refractivity contribution >= 4 is 17.0 Å². The van der Waals surface area contributed by atoms with Gasteiger partial charge in [-0.15, -0.1) is 0 Å². The number of hydrogen-bond acceptors (Lipinski definition) is 4. The van der Waals surface area contributed by atoms with E-state index in [9.17, 15) is 4.79 Å². The molecule has 4 rings (SSSR count). The SMILES string of the molecule is COc1ccc(-c2nc3ccc(C(=O)O)cc3[nH]2)cc1Cn1cccn1. The van der Waals surface area contributed by atoms with E-state index < -0.39 is 5.97 Å². The summed E-state index contributed by atoms with van der Waals surface area (Å²) in [5, 5.41) is 13.4. The number of H-pyrrole nitrogens is 1. The molecule has 0 fully saturated rings. The van der Waals surface area contributed by atoms with Crippen LogP contribution < -0.4 is 4.74 Å². The highest BCUT2D eigenvalue weighted by molar-refractivity contribution is 5.93. The molecule has 0 bridgehead atoms. The Bertz CT molecular complexity index is 1080. The maximum absolute atomic E-state index is 11.1. The molecule has 0 aliphatic heterocycles. The summed E-state index contributed by atoms with van der Waals surface area (Å²) in [7, 11) is 1.64. The summed E-state index contributed by atoms with van der Waals surface area (Å²) in [4.78, 5) is 18.9. The molecule has 2 N–H and O–H groups in total. The molecule has 0 radical (unpaired) electrons. The number of imidazole rings is 1. The van der Waals surface area contributed by atoms with Crippen LogP contribution in [0.1, 0.15) is 15.9 Å². The third kappa shape index (κ3) is 2.90. The zero-order chi connectivity index (χ0) is 18.1. The Balaban J connectivity index is 1.75. The van der Waals surface area contributed by atoms with Gasteiger partial charge >= 0.3 is 5.97 Å². The van der Waals surface area contributed by atoms with Crippen LogP contribution in [0, 0.1) is 0 Å². The summed E-state index contributed by atoms with van der Waals surface area (Å²) in [5.74, 6) is 0.481. The number of nitrogens with zero attached hydrogens (tertiary/aromatic N) is 3. The Morgan fingerprint density at radius 3 is 2.88 bits per heavy atom. The van der Waals surface area contributed by atoms with Gasteiger partial charge in [0.25, 0.3) is 0 Å². The topological polar surface area (TPSA) is 93.0 Å². The molecular weight excluding hydrogens is 332 g/mol. The number of rotatable bonds is 5. The van der Waals surface area contributed by atoms with Gasteiger partial charge in [0, 0.05) is 23.5 Å². The van der Waals surface area contributed by atoms with Crippen LogP contribution in [0.4, 0.5) is 0 Å². The molecular formula is C19H16N4O3. The summed E-state index contributed by atoms with van der Waals surface area (Å²) < 4.78 is 7.27. The molecule has 0 unspecified atom stereocenters. The lowest BCUT2D eigenvalue weighted by atomic mass is 10.1. The van der Waals surface area contributed by atoms with Gasteiger partial charge in [0.1, 0.15) is 11.6 Å². The van der Waals surface area contributed by atoms with Crippen molar-refractivity contribution in [3.63, 3.8) is 0 Å². The Kier molecular flexibility index (Phi) is 3.89. The normalized spacial score (nSPS) is 11.0. The highest BCUT2D eigenvalue weighted by Gasteiger charge is 2.12. The van der Waals surface area contributed by atoms with Crippen molar-refractivity contribution in [1.29, 1.82) is 0 Å². The quantitative estimate of drug-likeness (QED) is 0.578. The van der Waals surface area contributed by atoms with E-state index in [0.717, 1.165) is 22.4 Å². The number of nitrogens with one attached hydrogen (secondary N) is 1. The molecule has 0 spiro atoms. The Morgan fingerprint density at radius 1 is 1.27 bits per heavy atom. The summed E-state index contributed by atoms with van der Waals surface area (Å²) in [6.45, 7) is 0.577. The van der Waals surface area contributed by atoms with E-state index in [4.69, 9.17) is 9.84 Å². The van der Waals surface area contributed by atoms with E-state index in [-0.39, 0.29) is 5.56 Å². The van der Waals surface area contributed by atoms with Crippen LogP contribution in [0.2, 0.25) is 0 Å². The molecule has 7 nitrogen and oxygen atoms in total. The molecule has 0 atom stereocenters. The predicted molar refractivity (Wildman–Crippen MR) is 96.4 cm³/mol. The first-order valence-corrected chi connectivity index (χ1v) is 8.02. The minimum atomic E-state index is -0.964. The van der Waals surface area contributed by atoms with Crippen LogP contribution in [0.5, 0.6) is 5.75 Å². The van der Waals surface area contributed by atoms with Crippen LogP contribution in [0.3, 0.4) is 0 Å². The lowest BCUT2D eigenvalue weighted by Crippen LogP contribution is -2.02. The number of fused-ring (bicyclic) bond motifs is 1. The lowest BCUT2D eigenvalue weighted by molar-refractivity contribution is 0.0697. The first-order valence-electron chi connectivity index (χ1n) is 8.02. The number of hydrogen-bond donors (Lipinski definition) is 2. The first kappa shape index (κ1) is 15.9. The van der Waals surface area contributed by atoms with E-state index in [1.165, 1.54) is 0 Å². The molecule has 0 saturated heterocycles. The Hall–Kier alpha value is -3.61. The minimum Gasteiger partial charge on any atom is -0.496 e. The average Bonchev–Trinajstić information content (AvgIpc) is 3.30. The van der Waals surface area contributed by atoms with Crippen LogP contribution in [-0.2, 0) is 6.54 Å². The van der Waals surface area contributed by atoms with Crippen molar-refractivity contribution in [2.75, 3.05) is 7.11 Å². The third-order valence-corrected chi connectivity index (χ3v) is 4.17. The molecule has 4 aromatic rings. The fourth-order valence-corrected chi connectivity index (χ4v) is 2.90. The number of carboxylic acid groups (broad SMARTS) is 1. The maximum atomic E-state index is 11.1.